The van der Waals surface area contributed by atoms with E-state index in [0.717, 1.165) is 19.6 Å². The van der Waals surface area contributed by atoms with E-state index in [1.807, 2.05) is 6.92 Å². The van der Waals surface area contributed by atoms with Gasteiger partial charge in [0.05, 0.1) is 12.5 Å². The molecule has 0 aromatic rings. The van der Waals surface area contributed by atoms with Gasteiger partial charge in [-0.1, -0.05) is 0 Å². The highest BCUT2D eigenvalue weighted by Gasteiger charge is 2.44. The van der Waals surface area contributed by atoms with E-state index >= 15 is 0 Å². The van der Waals surface area contributed by atoms with E-state index in [-0.39, 0.29) is 17.8 Å². The fourth-order valence-electron chi connectivity index (χ4n) is 2.91. The smallest absolute Gasteiger partial charge is 0.311 e. The Morgan fingerprint density at radius 1 is 1.35 bits per heavy atom. The van der Waals surface area contributed by atoms with Crippen molar-refractivity contribution in [1.82, 2.24) is 10.2 Å². The van der Waals surface area contributed by atoms with Crippen molar-refractivity contribution in [3.8, 4) is 0 Å². The maximum atomic E-state index is 11.9. The van der Waals surface area contributed by atoms with Crippen molar-refractivity contribution in [2.75, 3.05) is 32.8 Å². The van der Waals surface area contributed by atoms with Gasteiger partial charge in [0.25, 0.3) is 0 Å². The lowest BCUT2D eigenvalue weighted by molar-refractivity contribution is -0.154. The molecule has 2 heterocycles. The van der Waals surface area contributed by atoms with Gasteiger partial charge in [-0.05, 0) is 31.8 Å². The Labute approximate surface area is 101 Å². The highest BCUT2D eigenvalue weighted by Crippen LogP contribution is 2.32. The summed E-state index contributed by atoms with van der Waals surface area (Å²) in [6.07, 6.45) is 0. The molecule has 0 aromatic heterocycles. The summed E-state index contributed by atoms with van der Waals surface area (Å²) < 4.78 is 5.11. The first kappa shape index (κ1) is 12.4. The maximum absolute atomic E-state index is 11.9. The monoisotopic (exact) mass is 240 g/mol. The molecule has 3 atom stereocenters. The van der Waals surface area contributed by atoms with Gasteiger partial charge in [0.15, 0.2) is 0 Å². The van der Waals surface area contributed by atoms with Crippen LogP contribution in [0.3, 0.4) is 0 Å². The van der Waals surface area contributed by atoms with E-state index in [4.69, 9.17) is 4.74 Å². The number of esters is 1. The van der Waals surface area contributed by atoms with Crippen LogP contribution in [0.4, 0.5) is 0 Å². The standard InChI is InChI=1S/C12H20N2O3/c1-3-17-12(16)11-7-14(8(2)15)6-9-4-13-5-10(9)11/h9-11,13H,3-7H2,1-2H3. The average Bonchev–Trinajstić information content (AvgIpc) is 2.75. The van der Waals surface area contributed by atoms with E-state index < -0.39 is 0 Å². The maximum Gasteiger partial charge on any atom is 0.311 e. The summed E-state index contributed by atoms with van der Waals surface area (Å²) in [6, 6.07) is 0. The van der Waals surface area contributed by atoms with Gasteiger partial charge in [-0.25, -0.2) is 0 Å². The molecule has 0 bridgehead atoms. The highest BCUT2D eigenvalue weighted by molar-refractivity contribution is 5.77. The first-order valence-corrected chi connectivity index (χ1v) is 6.26. The van der Waals surface area contributed by atoms with E-state index in [0.29, 0.717) is 25.0 Å². The van der Waals surface area contributed by atoms with Crippen molar-refractivity contribution < 1.29 is 14.3 Å². The summed E-state index contributed by atoms with van der Waals surface area (Å²) >= 11 is 0. The molecular weight excluding hydrogens is 220 g/mol. The third kappa shape index (κ3) is 2.44. The lowest BCUT2D eigenvalue weighted by Crippen LogP contribution is -2.50. The first-order chi connectivity index (χ1) is 8.13. The van der Waals surface area contributed by atoms with Crippen molar-refractivity contribution in [1.29, 1.82) is 0 Å². The van der Waals surface area contributed by atoms with Crippen molar-refractivity contribution in [3.05, 3.63) is 0 Å². The lowest BCUT2D eigenvalue weighted by atomic mass is 9.80. The van der Waals surface area contributed by atoms with Gasteiger partial charge in [0.2, 0.25) is 5.91 Å². The fraction of sp³-hybridized carbons (Fsp3) is 0.833. The number of piperidine rings is 1. The zero-order valence-electron chi connectivity index (χ0n) is 10.4. The van der Waals surface area contributed by atoms with Gasteiger partial charge in [-0.3, -0.25) is 9.59 Å². The molecule has 1 amide bonds. The number of hydrogen-bond acceptors (Lipinski definition) is 4. The van der Waals surface area contributed by atoms with Crippen LogP contribution in [0.15, 0.2) is 0 Å². The molecule has 5 nitrogen and oxygen atoms in total. The second-order valence-electron chi connectivity index (χ2n) is 4.86. The summed E-state index contributed by atoms with van der Waals surface area (Å²) in [7, 11) is 0. The topological polar surface area (TPSA) is 58.6 Å². The van der Waals surface area contributed by atoms with Crippen molar-refractivity contribution in [3.63, 3.8) is 0 Å². The van der Waals surface area contributed by atoms with Crippen molar-refractivity contribution in [2.24, 2.45) is 17.8 Å². The first-order valence-electron chi connectivity index (χ1n) is 6.26. The van der Waals surface area contributed by atoms with Crippen LogP contribution in [-0.2, 0) is 14.3 Å². The molecular formula is C12H20N2O3. The number of nitrogens with zero attached hydrogens (tertiary/aromatic N) is 1. The minimum Gasteiger partial charge on any atom is -0.466 e. The number of carbonyl (C=O) groups excluding carboxylic acids is 2. The fourth-order valence-corrected chi connectivity index (χ4v) is 2.91. The predicted octanol–water partition coefficient (Wildman–Crippen LogP) is -0.137. The Morgan fingerprint density at radius 3 is 2.76 bits per heavy atom. The molecule has 0 saturated carbocycles. The van der Waals surface area contributed by atoms with Crippen LogP contribution >= 0.6 is 0 Å². The van der Waals surface area contributed by atoms with Crippen LogP contribution in [0.25, 0.3) is 0 Å². The Morgan fingerprint density at radius 2 is 2.12 bits per heavy atom. The molecule has 3 unspecified atom stereocenters. The summed E-state index contributed by atoms with van der Waals surface area (Å²) in [5, 5.41) is 3.30. The van der Waals surface area contributed by atoms with E-state index in [2.05, 4.69) is 5.32 Å². The molecule has 96 valence electrons. The number of ether oxygens (including phenoxy) is 1. The zero-order chi connectivity index (χ0) is 12.4. The number of rotatable bonds is 2. The minimum absolute atomic E-state index is 0.0460. The number of fused-ring (bicyclic) bond motifs is 1. The van der Waals surface area contributed by atoms with Crippen LogP contribution in [0, 0.1) is 17.8 Å². The molecule has 0 aromatic carbocycles. The molecule has 2 aliphatic heterocycles. The molecule has 2 rings (SSSR count). The Bertz CT molecular complexity index is 319. The lowest BCUT2D eigenvalue weighted by Gasteiger charge is -2.38. The molecule has 0 aliphatic carbocycles. The molecule has 1 N–H and O–H groups in total. The Hall–Kier alpha value is -1.10. The SMILES string of the molecule is CCOC(=O)C1CN(C(C)=O)CC2CNCC21. The van der Waals surface area contributed by atoms with Crippen LogP contribution in [0.1, 0.15) is 13.8 Å². The van der Waals surface area contributed by atoms with Gasteiger partial charge in [0.1, 0.15) is 0 Å². The molecule has 2 saturated heterocycles. The molecule has 0 spiro atoms. The predicted molar refractivity (Wildman–Crippen MR) is 62.2 cm³/mol. The largest absolute Gasteiger partial charge is 0.466 e. The van der Waals surface area contributed by atoms with Gasteiger partial charge in [0, 0.05) is 20.0 Å². The second kappa shape index (κ2) is 5.04. The quantitative estimate of drug-likeness (QED) is 0.683. The third-order valence-corrected chi connectivity index (χ3v) is 3.82. The summed E-state index contributed by atoms with van der Waals surface area (Å²) in [5.74, 6) is 0.445. The van der Waals surface area contributed by atoms with Gasteiger partial charge in [-0.15, -0.1) is 0 Å². The number of nitrogens with one attached hydrogen (secondary N) is 1. The molecule has 5 heteroatoms. The average molecular weight is 240 g/mol. The van der Waals surface area contributed by atoms with Crippen molar-refractivity contribution >= 4 is 11.9 Å². The number of amides is 1. The molecule has 0 radical (unpaired) electrons. The van der Waals surface area contributed by atoms with Crippen LogP contribution in [-0.4, -0.2) is 49.6 Å². The van der Waals surface area contributed by atoms with Crippen LogP contribution in [0.5, 0.6) is 0 Å². The molecule has 2 aliphatic rings. The minimum atomic E-state index is -0.160. The summed E-state index contributed by atoms with van der Waals surface area (Å²) in [4.78, 5) is 25.2. The molecule has 2 fully saturated rings. The zero-order valence-corrected chi connectivity index (χ0v) is 10.4. The molecule has 17 heavy (non-hydrogen) atoms. The number of hydrogen-bond donors (Lipinski definition) is 1. The van der Waals surface area contributed by atoms with E-state index in [1.54, 1.807) is 11.8 Å². The second-order valence-corrected chi connectivity index (χ2v) is 4.86. The van der Waals surface area contributed by atoms with Crippen LogP contribution < -0.4 is 5.32 Å². The van der Waals surface area contributed by atoms with E-state index in [9.17, 15) is 9.59 Å². The number of carbonyl (C=O) groups is 2. The number of likely N-dealkylation sites (tertiary alicyclic amines) is 1. The van der Waals surface area contributed by atoms with Gasteiger partial charge < -0.3 is 15.0 Å². The Balaban J connectivity index is 2.10. The van der Waals surface area contributed by atoms with Gasteiger partial charge in [-0.2, -0.15) is 0 Å². The normalized spacial score (nSPS) is 32.1. The van der Waals surface area contributed by atoms with Gasteiger partial charge >= 0.3 is 5.97 Å². The van der Waals surface area contributed by atoms with Crippen LogP contribution in [0.2, 0.25) is 0 Å². The summed E-state index contributed by atoms with van der Waals surface area (Å²) in [6.45, 7) is 6.81. The summed E-state index contributed by atoms with van der Waals surface area (Å²) in [5.41, 5.74) is 0. The highest BCUT2D eigenvalue weighted by atomic mass is 16.5. The van der Waals surface area contributed by atoms with E-state index in [1.165, 1.54) is 0 Å². The Kier molecular flexibility index (Phi) is 3.66. The van der Waals surface area contributed by atoms with Crippen molar-refractivity contribution in [2.45, 2.75) is 13.8 Å². The third-order valence-electron chi connectivity index (χ3n) is 3.82.